The molecule has 1 heterocycles. The summed E-state index contributed by atoms with van der Waals surface area (Å²) in [6, 6.07) is 14.0. The Kier molecular flexibility index (Phi) is 2.70. The third-order valence-corrected chi connectivity index (χ3v) is 3.00. The molecular weight excluding hydrogens is 238 g/mol. The molecule has 0 atom stereocenters. The van der Waals surface area contributed by atoms with E-state index in [0.717, 1.165) is 22.0 Å². The van der Waals surface area contributed by atoms with Gasteiger partial charge in [0.15, 0.2) is 0 Å². The number of hydrogen-bond acceptors (Lipinski definition) is 2. The Morgan fingerprint density at radius 2 is 1.89 bits per heavy atom. The van der Waals surface area contributed by atoms with Crippen LogP contribution >= 0.6 is 0 Å². The lowest BCUT2D eigenvalue weighted by molar-refractivity contribution is -0.133. The number of carbonyl (C=O) groups excluding carboxylic acids is 1. The molecule has 0 saturated heterocycles. The molecule has 0 unspecified atom stereocenters. The van der Waals surface area contributed by atoms with Crippen LogP contribution in [0, 0.1) is 11.8 Å². The van der Waals surface area contributed by atoms with Crippen LogP contribution in [0.15, 0.2) is 42.5 Å². The minimum atomic E-state index is -0.531. The fourth-order valence-electron chi connectivity index (χ4n) is 2.11. The molecule has 0 spiro atoms. The van der Waals surface area contributed by atoms with Crippen LogP contribution in [0.2, 0.25) is 0 Å². The molecule has 92 valence electrons. The Balaban J connectivity index is 2.13. The number of hydrogen-bond donors (Lipinski definition) is 1. The predicted octanol–water partition coefficient (Wildman–Crippen LogP) is 2.85. The second kappa shape index (κ2) is 4.51. The molecule has 3 nitrogen and oxygen atoms in total. The summed E-state index contributed by atoms with van der Waals surface area (Å²) in [7, 11) is 1.32. The Labute approximate surface area is 110 Å². The molecule has 0 amide bonds. The number of esters is 1. The van der Waals surface area contributed by atoms with Crippen molar-refractivity contribution in [2.24, 2.45) is 0 Å². The molecule has 0 fully saturated rings. The number of methoxy groups -OCH3 is 1. The van der Waals surface area contributed by atoms with Crippen molar-refractivity contribution in [1.82, 2.24) is 4.98 Å². The fourth-order valence-corrected chi connectivity index (χ4v) is 2.11. The first kappa shape index (κ1) is 11.4. The number of aromatic nitrogens is 1. The van der Waals surface area contributed by atoms with Crippen LogP contribution in [0.1, 0.15) is 5.56 Å². The van der Waals surface area contributed by atoms with Gasteiger partial charge in [0, 0.05) is 33.3 Å². The third kappa shape index (κ3) is 2.04. The normalized spacial score (nSPS) is 10.2. The second-order valence-corrected chi connectivity index (χ2v) is 4.17. The maximum atomic E-state index is 11.0. The molecule has 19 heavy (non-hydrogen) atoms. The molecule has 2 aromatic carbocycles. The summed E-state index contributed by atoms with van der Waals surface area (Å²) in [4.78, 5) is 14.3. The summed E-state index contributed by atoms with van der Waals surface area (Å²) in [6.07, 6.45) is 0. The topological polar surface area (TPSA) is 42.1 Å². The molecule has 3 aromatic rings. The molecule has 1 N–H and O–H groups in total. The quantitative estimate of drug-likeness (QED) is 0.491. The molecular formula is C16H11NO2. The lowest BCUT2D eigenvalue weighted by Crippen LogP contribution is -1.94. The molecule has 0 saturated carbocycles. The number of H-pyrrole nitrogens is 1. The van der Waals surface area contributed by atoms with Crippen LogP contribution in [0.4, 0.5) is 0 Å². The van der Waals surface area contributed by atoms with E-state index in [4.69, 9.17) is 0 Å². The first-order valence-electron chi connectivity index (χ1n) is 5.88. The highest BCUT2D eigenvalue weighted by Crippen LogP contribution is 2.25. The number of fused-ring (bicyclic) bond motifs is 3. The molecule has 0 aliphatic carbocycles. The summed E-state index contributed by atoms with van der Waals surface area (Å²) < 4.78 is 4.49. The van der Waals surface area contributed by atoms with Gasteiger partial charge in [-0.1, -0.05) is 30.2 Å². The zero-order chi connectivity index (χ0) is 13.2. The molecule has 0 aliphatic rings. The van der Waals surface area contributed by atoms with Crippen LogP contribution in [-0.2, 0) is 9.53 Å². The van der Waals surface area contributed by atoms with Gasteiger partial charge in [0.05, 0.1) is 7.11 Å². The summed E-state index contributed by atoms with van der Waals surface area (Å²) in [6.45, 7) is 0. The second-order valence-electron chi connectivity index (χ2n) is 4.17. The summed E-state index contributed by atoms with van der Waals surface area (Å²) in [5.41, 5.74) is 2.89. The SMILES string of the molecule is COC(=O)C#Cc1ccc2c(c1)[nH]c1ccccc12. The van der Waals surface area contributed by atoms with E-state index in [1.54, 1.807) is 0 Å². The number of rotatable bonds is 0. The van der Waals surface area contributed by atoms with Gasteiger partial charge in [-0.05, 0) is 18.2 Å². The van der Waals surface area contributed by atoms with Gasteiger partial charge in [0.1, 0.15) is 0 Å². The highest BCUT2D eigenvalue weighted by atomic mass is 16.5. The maximum absolute atomic E-state index is 11.0. The summed E-state index contributed by atoms with van der Waals surface area (Å²) >= 11 is 0. The Morgan fingerprint density at radius 3 is 2.74 bits per heavy atom. The van der Waals surface area contributed by atoms with E-state index in [-0.39, 0.29) is 0 Å². The largest absolute Gasteiger partial charge is 0.459 e. The highest BCUT2D eigenvalue weighted by molar-refractivity contribution is 6.07. The van der Waals surface area contributed by atoms with Crippen LogP contribution in [0.25, 0.3) is 21.8 Å². The van der Waals surface area contributed by atoms with E-state index in [9.17, 15) is 4.79 Å². The van der Waals surface area contributed by atoms with Crippen molar-refractivity contribution in [3.63, 3.8) is 0 Å². The average molecular weight is 249 g/mol. The van der Waals surface area contributed by atoms with Crippen LogP contribution in [0.3, 0.4) is 0 Å². The van der Waals surface area contributed by atoms with Crippen LogP contribution in [-0.4, -0.2) is 18.1 Å². The van der Waals surface area contributed by atoms with Crippen molar-refractivity contribution in [3.8, 4) is 11.8 Å². The number of aromatic amines is 1. The average Bonchev–Trinajstić information content (AvgIpc) is 2.82. The number of para-hydroxylation sites is 1. The minimum Gasteiger partial charge on any atom is -0.459 e. The van der Waals surface area contributed by atoms with Crippen LogP contribution in [0.5, 0.6) is 0 Å². The number of benzene rings is 2. The maximum Gasteiger partial charge on any atom is 0.384 e. The van der Waals surface area contributed by atoms with Gasteiger partial charge < -0.3 is 9.72 Å². The zero-order valence-corrected chi connectivity index (χ0v) is 10.4. The van der Waals surface area contributed by atoms with Crippen molar-refractivity contribution in [1.29, 1.82) is 0 Å². The van der Waals surface area contributed by atoms with E-state index in [1.807, 2.05) is 36.4 Å². The van der Waals surface area contributed by atoms with Gasteiger partial charge in [-0.3, -0.25) is 0 Å². The third-order valence-electron chi connectivity index (χ3n) is 3.00. The van der Waals surface area contributed by atoms with E-state index >= 15 is 0 Å². The molecule has 0 radical (unpaired) electrons. The lowest BCUT2D eigenvalue weighted by Gasteiger charge is -1.92. The molecule has 1 aromatic heterocycles. The first-order chi connectivity index (χ1) is 9.28. The number of ether oxygens (including phenoxy) is 1. The molecule has 0 aliphatic heterocycles. The summed E-state index contributed by atoms with van der Waals surface area (Å²) in [5, 5.41) is 2.34. The monoisotopic (exact) mass is 249 g/mol. The van der Waals surface area contributed by atoms with Crippen molar-refractivity contribution in [2.75, 3.05) is 7.11 Å². The minimum absolute atomic E-state index is 0.531. The van der Waals surface area contributed by atoms with Gasteiger partial charge in [0.25, 0.3) is 0 Å². The van der Waals surface area contributed by atoms with Crippen LogP contribution < -0.4 is 0 Å². The number of carbonyl (C=O) groups is 1. The van der Waals surface area contributed by atoms with Crippen molar-refractivity contribution in [2.45, 2.75) is 0 Å². The molecule has 3 heteroatoms. The zero-order valence-electron chi connectivity index (χ0n) is 10.4. The molecule has 3 rings (SSSR count). The smallest absolute Gasteiger partial charge is 0.384 e. The van der Waals surface area contributed by atoms with Gasteiger partial charge in [-0.2, -0.15) is 0 Å². The van der Waals surface area contributed by atoms with E-state index in [2.05, 4.69) is 27.6 Å². The fraction of sp³-hybridized carbons (Fsp3) is 0.0625. The van der Waals surface area contributed by atoms with Gasteiger partial charge in [-0.15, -0.1) is 0 Å². The Hall–Kier alpha value is -2.73. The first-order valence-corrected chi connectivity index (χ1v) is 5.88. The van der Waals surface area contributed by atoms with E-state index < -0.39 is 5.97 Å². The highest BCUT2D eigenvalue weighted by Gasteiger charge is 2.03. The van der Waals surface area contributed by atoms with E-state index in [0.29, 0.717) is 0 Å². The molecule has 0 bridgehead atoms. The Morgan fingerprint density at radius 1 is 1.11 bits per heavy atom. The van der Waals surface area contributed by atoms with Crippen molar-refractivity contribution >= 4 is 27.8 Å². The van der Waals surface area contributed by atoms with Gasteiger partial charge >= 0.3 is 5.97 Å². The van der Waals surface area contributed by atoms with Gasteiger partial charge in [-0.25, -0.2) is 4.79 Å². The summed E-state index contributed by atoms with van der Waals surface area (Å²) in [5.74, 6) is 4.68. The predicted molar refractivity (Wildman–Crippen MR) is 74.7 cm³/mol. The standard InChI is InChI=1S/C16H11NO2/c1-19-16(18)9-7-11-6-8-13-12-4-2-3-5-14(12)17-15(13)10-11/h2-6,8,10,17H,1H3. The van der Waals surface area contributed by atoms with Crippen molar-refractivity contribution < 1.29 is 9.53 Å². The van der Waals surface area contributed by atoms with E-state index in [1.165, 1.54) is 12.5 Å². The van der Waals surface area contributed by atoms with Crippen molar-refractivity contribution in [3.05, 3.63) is 48.0 Å². The lowest BCUT2D eigenvalue weighted by atomic mass is 10.1. The van der Waals surface area contributed by atoms with Gasteiger partial charge in [0.2, 0.25) is 0 Å². The number of nitrogens with one attached hydrogen (secondary N) is 1. The Bertz CT molecular complexity index is 834.